The summed E-state index contributed by atoms with van der Waals surface area (Å²) in [5, 5.41) is 41.5. The lowest BCUT2D eigenvalue weighted by atomic mass is 9.87. The minimum atomic E-state index is -0.430. The second kappa shape index (κ2) is 31.2. The van der Waals surface area contributed by atoms with E-state index < -0.39 is 17.5 Å². The molecule has 6 aromatic carbocycles. The van der Waals surface area contributed by atoms with Crippen molar-refractivity contribution in [2.24, 2.45) is 11.8 Å². The van der Waals surface area contributed by atoms with Crippen molar-refractivity contribution in [2.75, 3.05) is 14.2 Å². The topological polar surface area (TPSA) is 280 Å². The average molecular weight is 1380 g/mol. The van der Waals surface area contributed by atoms with Crippen LogP contribution in [0.5, 0.6) is 0 Å². The van der Waals surface area contributed by atoms with Crippen molar-refractivity contribution in [1.29, 1.82) is 0 Å². The third-order valence-electron chi connectivity index (χ3n) is 17.4. The van der Waals surface area contributed by atoms with Crippen LogP contribution in [0.1, 0.15) is 60.7 Å². The van der Waals surface area contributed by atoms with E-state index in [9.17, 15) is 18.0 Å². The molecule has 1 aliphatic carbocycles. The molecule has 516 valence electrons. The maximum Gasteiger partial charge on any atom is 0.281 e. The monoisotopic (exact) mass is 1380 g/mol. The molecule has 2 atom stereocenters. The maximum atomic E-state index is 14.7. The summed E-state index contributed by atoms with van der Waals surface area (Å²) in [6.07, 6.45) is 16.2. The number of nitrogens with zero attached hydrogens (tertiary/aromatic N) is 19. The summed E-state index contributed by atoms with van der Waals surface area (Å²) in [5.41, 5.74) is 9.93. The Bertz CT molecular complexity index is 5080. The lowest BCUT2D eigenvalue weighted by Gasteiger charge is -2.16. The summed E-state index contributed by atoms with van der Waals surface area (Å²) in [6, 6.07) is 52.2. The van der Waals surface area contributed by atoms with Gasteiger partial charge in [-0.2, -0.15) is 20.1 Å². The van der Waals surface area contributed by atoms with Crippen molar-refractivity contribution in [3.05, 3.63) is 259 Å². The lowest BCUT2D eigenvalue weighted by molar-refractivity contribution is -0.121. The van der Waals surface area contributed by atoms with Crippen molar-refractivity contribution in [3.63, 3.8) is 0 Å². The first kappa shape index (κ1) is 67.4. The van der Waals surface area contributed by atoms with Crippen molar-refractivity contribution in [2.45, 2.75) is 65.3 Å². The van der Waals surface area contributed by atoms with Gasteiger partial charge in [-0.3, -0.25) is 14.5 Å². The van der Waals surface area contributed by atoms with Gasteiger partial charge in [-0.15, -0.1) is 15.3 Å². The minimum absolute atomic E-state index is 0.135. The van der Waals surface area contributed by atoms with Gasteiger partial charge in [0.2, 0.25) is 17.5 Å². The SMILES string of the molecule is CC(=O)[C@H]1CCC[C@H]1CCc1ccc(-c2noc(-c3nnn(-c4ccccc4F)c3-c3ccncc3)n2)cc1.COCc1c(-c2nc(-c3ccc(Cn4cccc4)cc3)no2)nnn1-c1ccccc1F.COCc1c(-c2nc(-c3ccc(Cn4cccn4)cc3)no2)nnn1-c1ccccc1F. The Morgan fingerprint density at radius 1 is 0.485 bits per heavy atom. The summed E-state index contributed by atoms with van der Waals surface area (Å²) in [5.74, 6) is 1.54. The van der Waals surface area contributed by atoms with Crippen LogP contribution in [0.3, 0.4) is 0 Å². The predicted octanol–water partition coefficient (Wildman–Crippen LogP) is 13.8. The van der Waals surface area contributed by atoms with Gasteiger partial charge in [0.15, 0.2) is 17.1 Å². The number of aryl methyl sites for hydroxylation is 1. The third kappa shape index (κ3) is 15.2. The number of methoxy groups -OCH3 is 2. The zero-order valence-corrected chi connectivity index (χ0v) is 55.8. The first-order valence-electron chi connectivity index (χ1n) is 32.9. The normalized spacial score (nSPS) is 13.4. The zero-order valence-electron chi connectivity index (χ0n) is 55.8. The van der Waals surface area contributed by atoms with E-state index in [1.165, 1.54) is 52.0 Å². The van der Waals surface area contributed by atoms with Crippen LogP contribution in [-0.2, 0) is 47.0 Å². The highest BCUT2D eigenvalue weighted by atomic mass is 19.1. The number of ketones is 1. The Hall–Kier alpha value is -12.8. The summed E-state index contributed by atoms with van der Waals surface area (Å²) in [6.45, 7) is 3.45. The van der Waals surface area contributed by atoms with E-state index >= 15 is 0 Å². The number of carbonyl (C=O) groups excluding carboxylic acids is 1. The number of halogens is 3. The highest BCUT2D eigenvalue weighted by Crippen LogP contribution is 2.37. The molecule has 103 heavy (non-hydrogen) atoms. The van der Waals surface area contributed by atoms with Crippen LogP contribution in [-0.4, -0.2) is 115 Å². The molecule has 9 aromatic heterocycles. The van der Waals surface area contributed by atoms with Gasteiger partial charge in [-0.05, 0) is 122 Å². The van der Waals surface area contributed by atoms with Crippen molar-refractivity contribution >= 4 is 5.78 Å². The Kier molecular flexibility index (Phi) is 20.4. The molecule has 0 aliphatic heterocycles. The molecule has 0 spiro atoms. The molecule has 0 saturated heterocycles. The number of Topliss-reactive ketones (excluding diaryl/α,β-unsaturated/α-hetero) is 1. The molecule has 0 amide bonds. The minimum Gasteiger partial charge on any atom is -0.378 e. The Morgan fingerprint density at radius 2 is 0.942 bits per heavy atom. The van der Waals surface area contributed by atoms with Gasteiger partial charge in [0.05, 0.1) is 19.8 Å². The van der Waals surface area contributed by atoms with E-state index in [4.69, 9.17) is 23.0 Å². The highest BCUT2D eigenvalue weighted by Gasteiger charge is 2.31. The molecule has 0 bridgehead atoms. The molecule has 15 aromatic rings. The van der Waals surface area contributed by atoms with Gasteiger partial charge in [0.1, 0.15) is 57.4 Å². The van der Waals surface area contributed by atoms with Gasteiger partial charge in [0, 0.05) is 86.1 Å². The number of ether oxygens (including phenoxy) is 2. The molecule has 0 unspecified atom stereocenters. The molecule has 0 N–H and O–H groups in total. The van der Waals surface area contributed by atoms with Crippen LogP contribution in [0.4, 0.5) is 13.2 Å². The van der Waals surface area contributed by atoms with E-state index in [1.807, 2.05) is 102 Å². The van der Waals surface area contributed by atoms with Gasteiger partial charge < -0.3 is 27.6 Å². The number of hydrogen-bond acceptors (Lipinski definition) is 20. The summed E-state index contributed by atoms with van der Waals surface area (Å²) in [4.78, 5) is 29.5. The van der Waals surface area contributed by atoms with E-state index in [0.29, 0.717) is 69.9 Å². The molecule has 9 heterocycles. The number of pyridine rings is 1. The molecule has 1 aliphatic rings. The fourth-order valence-corrected chi connectivity index (χ4v) is 12.3. The van der Waals surface area contributed by atoms with Crippen LogP contribution >= 0.6 is 0 Å². The van der Waals surface area contributed by atoms with Gasteiger partial charge >= 0.3 is 0 Å². The average Bonchev–Trinajstić information content (AvgIpc) is 1.64. The molecule has 0 radical (unpaired) electrons. The van der Waals surface area contributed by atoms with Gasteiger partial charge in [-0.1, -0.05) is 147 Å². The summed E-state index contributed by atoms with van der Waals surface area (Å²) in [7, 11) is 3.07. The first-order chi connectivity index (χ1) is 50.5. The number of aromatic nitrogens is 19. The summed E-state index contributed by atoms with van der Waals surface area (Å²) < 4.78 is 78.5. The predicted molar refractivity (Wildman–Crippen MR) is 369 cm³/mol. The highest BCUT2D eigenvalue weighted by molar-refractivity contribution is 5.79. The number of benzene rings is 6. The molecule has 25 nitrogen and oxygen atoms in total. The quantitative estimate of drug-likeness (QED) is 0.0609. The van der Waals surface area contributed by atoms with Crippen LogP contribution in [0, 0.1) is 29.3 Å². The smallest absolute Gasteiger partial charge is 0.281 e. The van der Waals surface area contributed by atoms with Gasteiger partial charge in [0.25, 0.3) is 17.7 Å². The second-order valence-corrected chi connectivity index (χ2v) is 24.1. The van der Waals surface area contributed by atoms with E-state index in [-0.39, 0.29) is 53.9 Å². The van der Waals surface area contributed by atoms with Crippen molar-refractivity contribution in [3.8, 4) is 97.2 Å². The van der Waals surface area contributed by atoms with E-state index in [2.05, 4.69) is 88.1 Å². The fourth-order valence-electron chi connectivity index (χ4n) is 12.3. The zero-order chi connectivity index (χ0) is 70.6. The third-order valence-corrected chi connectivity index (χ3v) is 17.4. The Balaban J connectivity index is 0.000000132. The van der Waals surface area contributed by atoms with Crippen LogP contribution in [0.25, 0.3) is 97.2 Å². The standard InChI is InChI=1S/C30H27FN6O2.C23H19FN6O2.C22H18FN7O2/c1-19(38)24-6-4-5-21(24)12-9-20-10-13-23(14-11-20)29-33-30(39-35-29)27-28(22-15-17-32-18-16-22)37(36-34-27)26-8-3-2-7-25(26)31;1-31-15-20-21(26-28-30(20)19-7-3-2-6-18(19)24)23-25-22(27-32-23)17-10-8-16(9-11-17)14-29-12-4-5-13-29;1-31-14-19-20(26-28-30(19)18-6-3-2-5-17(18)23)22-25-21(27-32-22)16-9-7-15(8-10-16)13-29-12-4-11-24-29/h2-3,7-8,10-11,13-18,21,24H,4-6,9,12H2,1H3;2-13H,14-15H2,1H3;2-12H,13-14H2,1H3/t21-,24+;;/m0../s1. The Labute approximate surface area is 586 Å². The molecule has 1 fully saturated rings. The largest absolute Gasteiger partial charge is 0.378 e. The van der Waals surface area contributed by atoms with Gasteiger partial charge in [-0.25, -0.2) is 27.2 Å². The maximum absolute atomic E-state index is 14.7. The Morgan fingerprint density at radius 3 is 1.42 bits per heavy atom. The number of carbonyl (C=O) groups is 1. The summed E-state index contributed by atoms with van der Waals surface area (Å²) >= 11 is 0. The molecule has 28 heteroatoms. The lowest BCUT2D eigenvalue weighted by Crippen LogP contribution is -2.16. The number of hydrogen-bond donors (Lipinski definition) is 0. The van der Waals surface area contributed by atoms with Crippen molar-refractivity contribution < 1.29 is 41.0 Å². The first-order valence-corrected chi connectivity index (χ1v) is 32.9. The van der Waals surface area contributed by atoms with Crippen LogP contribution in [0.2, 0.25) is 0 Å². The number of para-hydroxylation sites is 3. The molecule has 16 rings (SSSR count). The molecular weight excluding hydrogens is 1320 g/mol. The fraction of sp³-hybridized carbons (Fsp3) is 0.187. The van der Waals surface area contributed by atoms with E-state index in [1.54, 1.807) is 92.2 Å². The number of rotatable bonds is 22. The molecular formula is C75H64F3N19O6. The van der Waals surface area contributed by atoms with E-state index in [0.717, 1.165) is 72.0 Å². The van der Waals surface area contributed by atoms with Crippen LogP contribution < -0.4 is 0 Å². The van der Waals surface area contributed by atoms with Crippen LogP contribution in [0.15, 0.2) is 227 Å². The van der Waals surface area contributed by atoms with Crippen molar-refractivity contribution in [1.82, 2.24) is 94.7 Å². The molecule has 1 saturated carbocycles. The second-order valence-electron chi connectivity index (χ2n) is 24.1.